The summed E-state index contributed by atoms with van der Waals surface area (Å²) in [6.45, 7) is -0.810. The summed E-state index contributed by atoms with van der Waals surface area (Å²) >= 11 is 0. The number of carbonyl (C=O) groups excluding carboxylic acids is 3. The predicted octanol–water partition coefficient (Wildman–Crippen LogP) is 0.906. The SMILES string of the molecule is COc1c(C(=O)CO)ccc2c1C(=O)c1c(O)c3c(c(O)c1C2=O)CC(O)CC3. The van der Waals surface area contributed by atoms with Crippen LogP contribution in [0.25, 0.3) is 0 Å². The van der Waals surface area contributed by atoms with Gasteiger partial charge in [-0.25, -0.2) is 0 Å². The van der Waals surface area contributed by atoms with Crippen LogP contribution in [-0.4, -0.2) is 57.6 Å². The third-order valence-corrected chi connectivity index (χ3v) is 5.56. The number of carbonyl (C=O) groups is 3. The minimum atomic E-state index is -0.810. The fraction of sp³-hybridized carbons (Fsp3) is 0.286. The molecule has 0 amide bonds. The van der Waals surface area contributed by atoms with Crippen molar-refractivity contribution in [3.63, 3.8) is 0 Å². The van der Waals surface area contributed by atoms with E-state index in [-0.39, 0.29) is 52.0 Å². The second-order valence-corrected chi connectivity index (χ2v) is 7.11. The van der Waals surface area contributed by atoms with Crippen molar-refractivity contribution >= 4 is 17.3 Å². The Labute approximate surface area is 165 Å². The summed E-state index contributed by atoms with van der Waals surface area (Å²) in [5, 5.41) is 40.6. The maximum atomic E-state index is 13.3. The number of hydrogen-bond acceptors (Lipinski definition) is 8. The highest BCUT2D eigenvalue weighted by molar-refractivity contribution is 6.32. The van der Waals surface area contributed by atoms with Crippen LogP contribution in [0.2, 0.25) is 0 Å². The number of phenols is 2. The van der Waals surface area contributed by atoms with E-state index in [1.54, 1.807) is 0 Å². The largest absolute Gasteiger partial charge is 0.507 e. The number of aromatic hydroxyl groups is 2. The van der Waals surface area contributed by atoms with Crippen LogP contribution in [0.5, 0.6) is 17.2 Å². The molecule has 150 valence electrons. The third-order valence-electron chi connectivity index (χ3n) is 5.56. The van der Waals surface area contributed by atoms with Crippen molar-refractivity contribution in [3.05, 3.63) is 51.1 Å². The maximum Gasteiger partial charge on any atom is 0.202 e. The van der Waals surface area contributed by atoms with Gasteiger partial charge in [-0.1, -0.05) is 0 Å². The van der Waals surface area contributed by atoms with E-state index >= 15 is 0 Å². The first-order chi connectivity index (χ1) is 13.8. The Morgan fingerprint density at radius 1 is 1.07 bits per heavy atom. The van der Waals surface area contributed by atoms with E-state index in [2.05, 4.69) is 0 Å². The number of aliphatic hydroxyl groups is 2. The van der Waals surface area contributed by atoms with Crippen LogP contribution in [0.3, 0.4) is 0 Å². The van der Waals surface area contributed by atoms with Gasteiger partial charge >= 0.3 is 0 Å². The Balaban J connectivity index is 2.03. The smallest absolute Gasteiger partial charge is 0.202 e. The molecular formula is C21H18O8. The van der Waals surface area contributed by atoms with E-state index in [0.717, 1.165) is 0 Å². The zero-order valence-electron chi connectivity index (χ0n) is 15.5. The molecule has 0 bridgehead atoms. The normalized spacial score (nSPS) is 17.4. The molecule has 1 atom stereocenters. The van der Waals surface area contributed by atoms with Crippen LogP contribution in [0, 0.1) is 0 Å². The quantitative estimate of drug-likeness (QED) is 0.377. The number of benzene rings is 2. The van der Waals surface area contributed by atoms with Gasteiger partial charge in [0.2, 0.25) is 5.78 Å². The molecule has 2 aliphatic rings. The molecular weight excluding hydrogens is 380 g/mol. The fourth-order valence-corrected chi connectivity index (χ4v) is 4.18. The average Bonchev–Trinajstić information content (AvgIpc) is 2.72. The van der Waals surface area contributed by atoms with Crippen molar-refractivity contribution in [3.8, 4) is 17.2 Å². The molecule has 1 unspecified atom stereocenters. The van der Waals surface area contributed by atoms with Crippen molar-refractivity contribution in [1.82, 2.24) is 0 Å². The highest BCUT2D eigenvalue weighted by Gasteiger charge is 2.41. The van der Waals surface area contributed by atoms with E-state index in [1.165, 1.54) is 19.2 Å². The molecule has 8 nitrogen and oxygen atoms in total. The molecule has 0 radical (unpaired) electrons. The Bertz CT molecular complexity index is 1100. The Kier molecular flexibility index (Phi) is 4.40. The molecule has 0 heterocycles. The fourth-order valence-electron chi connectivity index (χ4n) is 4.18. The lowest BCUT2D eigenvalue weighted by Crippen LogP contribution is -2.26. The highest BCUT2D eigenvalue weighted by Crippen LogP contribution is 2.47. The van der Waals surface area contributed by atoms with Crippen LogP contribution in [0.15, 0.2) is 12.1 Å². The Hall–Kier alpha value is -3.23. The molecule has 0 saturated carbocycles. The van der Waals surface area contributed by atoms with Gasteiger partial charge in [-0.15, -0.1) is 0 Å². The van der Waals surface area contributed by atoms with Crippen molar-refractivity contribution in [2.75, 3.05) is 13.7 Å². The van der Waals surface area contributed by atoms with Gasteiger partial charge < -0.3 is 25.2 Å². The van der Waals surface area contributed by atoms with Crippen molar-refractivity contribution in [2.45, 2.75) is 25.4 Å². The zero-order chi connectivity index (χ0) is 21.0. The molecule has 0 spiro atoms. The van der Waals surface area contributed by atoms with E-state index in [9.17, 15) is 34.8 Å². The monoisotopic (exact) mass is 398 g/mol. The molecule has 8 heteroatoms. The third kappa shape index (κ3) is 2.56. The van der Waals surface area contributed by atoms with Gasteiger partial charge in [0.25, 0.3) is 0 Å². The van der Waals surface area contributed by atoms with Crippen LogP contribution in [0.4, 0.5) is 0 Å². The second kappa shape index (κ2) is 6.68. The maximum absolute atomic E-state index is 13.3. The first-order valence-electron chi connectivity index (χ1n) is 9.03. The minimum absolute atomic E-state index is 0.0591. The van der Waals surface area contributed by atoms with Crippen LogP contribution in [-0.2, 0) is 12.8 Å². The summed E-state index contributed by atoms with van der Waals surface area (Å²) < 4.78 is 5.22. The van der Waals surface area contributed by atoms with E-state index in [4.69, 9.17) is 4.74 Å². The number of methoxy groups -OCH3 is 1. The average molecular weight is 398 g/mol. The van der Waals surface area contributed by atoms with Gasteiger partial charge in [-0.3, -0.25) is 14.4 Å². The van der Waals surface area contributed by atoms with Gasteiger partial charge in [-0.2, -0.15) is 0 Å². The minimum Gasteiger partial charge on any atom is -0.507 e. The number of aliphatic hydroxyl groups excluding tert-OH is 2. The lowest BCUT2D eigenvalue weighted by Gasteiger charge is -2.28. The zero-order valence-corrected chi connectivity index (χ0v) is 15.5. The van der Waals surface area contributed by atoms with E-state index in [1.807, 2.05) is 0 Å². The van der Waals surface area contributed by atoms with Gasteiger partial charge in [0, 0.05) is 23.1 Å². The molecule has 4 N–H and O–H groups in total. The summed E-state index contributed by atoms with van der Waals surface area (Å²) in [6.07, 6.45) is -0.0864. The Morgan fingerprint density at radius 3 is 2.38 bits per heavy atom. The van der Waals surface area contributed by atoms with E-state index < -0.39 is 41.6 Å². The number of ether oxygens (including phenoxy) is 1. The topological polar surface area (TPSA) is 141 Å². The van der Waals surface area contributed by atoms with Crippen LogP contribution < -0.4 is 4.74 Å². The molecule has 0 saturated heterocycles. The molecule has 29 heavy (non-hydrogen) atoms. The second-order valence-electron chi connectivity index (χ2n) is 7.11. The standard InChI is InChI=1S/C21H18O8/c1-29-21-10(13(24)7-22)4-5-11-14(21)20(28)16-15(18(11)26)19(27)12-6-8(23)2-3-9(12)17(16)25/h4-5,8,22-23,25,27H,2-3,6-7H2,1H3. The number of phenolic OH excluding ortho intramolecular Hbond substituents is 2. The molecule has 2 aliphatic carbocycles. The van der Waals surface area contributed by atoms with Crippen molar-refractivity contribution in [1.29, 1.82) is 0 Å². The lowest BCUT2D eigenvalue weighted by atomic mass is 9.76. The van der Waals surface area contributed by atoms with E-state index in [0.29, 0.717) is 12.0 Å². The van der Waals surface area contributed by atoms with Gasteiger partial charge in [0.05, 0.1) is 35.5 Å². The number of ketones is 3. The van der Waals surface area contributed by atoms with Gasteiger partial charge in [0.1, 0.15) is 23.9 Å². The van der Waals surface area contributed by atoms with Crippen molar-refractivity contribution in [2.24, 2.45) is 0 Å². The van der Waals surface area contributed by atoms with Gasteiger partial charge in [0.15, 0.2) is 11.6 Å². The summed E-state index contributed by atoms with van der Waals surface area (Å²) in [4.78, 5) is 38.4. The number of hydrogen-bond donors (Lipinski definition) is 4. The summed E-state index contributed by atoms with van der Waals surface area (Å²) in [7, 11) is 1.22. The molecule has 0 aromatic heterocycles. The number of fused-ring (bicyclic) bond motifs is 3. The predicted molar refractivity (Wildman–Crippen MR) is 99.1 cm³/mol. The number of rotatable bonds is 3. The molecule has 0 aliphatic heterocycles. The highest BCUT2D eigenvalue weighted by atomic mass is 16.5. The van der Waals surface area contributed by atoms with Crippen LogP contribution in [0.1, 0.15) is 59.7 Å². The van der Waals surface area contributed by atoms with Gasteiger partial charge in [-0.05, 0) is 25.0 Å². The molecule has 0 fully saturated rings. The summed E-state index contributed by atoms with van der Waals surface area (Å²) in [6, 6.07) is 2.53. The lowest BCUT2D eigenvalue weighted by molar-refractivity contribution is 0.0899. The Morgan fingerprint density at radius 2 is 1.72 bits per heavy atom. The van der Waals surface area contributed by atoms with Crippen LogP contribution >= 0.6 is 0 Å². The first-order valence-corrected chi connectivity index (χ1v) is 9.03. The summed E-state index contributed by atoms with van der Waals surface area (Å²) in [5.41, 5.74) is -0.447. The number of Topliss-reactive ketones (excluding diaryl/α,β-unsaturated/α-hetero) is 1. The molecule has 2 aromatic carbocycles. The van der Waals surface area contributed by atoms with Crippen molar-refractivity contribution < 1.29 is 39.5 Å². The summed E-state index contributed by atoms with van der Waals surface area (Å²) in [5.74, 6) is -3.17. The first kappa shape index (κ1) is 19.1. The molecule has 4 rings (SSSR count). The molecule has 2 aromatic rings.